The van der Waals surface area contributed by atoms with Crippen molar-refractivity contribution >= 4 is 40.8 Å². The van der Waals surface area contributed by atoms with Crippen molar-refractivity contribution in [2.45, 2.75) is 165 Å². The fourth-order valence-electron chi connectivity index (χ4n) is 14.9. The fraction of sp³-hybridized carbons (Fsp3) is 0.692. The van der Waals surface area contributed by atoms with Crippen LogP contribution in [0.5, 0.6) is 0 Å². The summed E-state index contributed by atoms with van der Waals surface area (Å²) in [7, 11) is 0. The summed E-state index contributed by atoms with van der Waals surface area (Å²) in [4.78, 5) is 71.9. The van der Waals surface area contributed by atoms with Crippen molar-refractivity contribution in [3.8, 4) is 0 Å². The summed E-state index contributed by atoms with van der Waals surface area (Å²) in [5.41, 5.74) is 0.699. The van der Waals surface area contributed by atoms with Crippen molar-refractivity contribution in [1.29, 1.82) is 0 Å². The number of hydrogen-bond donors (Lipinski definition) is 1. The first kappa shape index (κ1) is 43.8. The number of allylic oxidation sites excluding steroid dienone is 1. The lowest BCUT2D eigenvalue weighted by molar-refractivity contribution is -0.236. The molecule has 8 rings (SSSR count). The van der Waals surface area contributed by atoms with Crippen LogP contribution in [0.25, 0.3) is 10.9 Å². The molecule has 6 aliphatic rings. The lowest BCUT2D eigenvalue weighted by Crippen LogP contribution is -2.67. The molecule has 1 heterocycles. The first-order valence-electron chi connectivity index (χ1n) is 23.3. The third-order valence-corrected chi connectivity index (χ3v) is 18.8. The molecule has 5 saturated carbocycles. The second-order valence-electron chi connectivity index (χ2n) is 23.2. The van der Waals surface area contributed by atoms with Crippen LogP contribution in [0.3, 0.4) is 0 Å². The number of nitrogens with zero attached hydrogens (tertiary/aromatic N) is 1. The van der Waals surface area contributed by atoms with E-state index in [-0.39, 0.29) is 87.9 Å². The molecule has 1 aromatic heterocycles. The van der Waals surface area contributed by atoms with Gasteiger partial charge in [0.05, 0.1) is 22.4 Å². The highest BCUT2D eigenvalue weighted by Gasteiger charge is 2.70. The predicted octanol–water partition coefficient (Wildman–Crippen LogP) is 10.2. The van der Waals surface area contributed by atoms with Gasteiger partial charge >= 0.3 is 5.97 Å². The number of pyridine rings is 1. The Morgan fingerprint density at radius 1 is 0.852 bits per heavy atom. The highest BCUT2D eigenvalue weighted by atomic mass is 16.6. The van der Waals surface area contributed by atoms with Crippen LogP contribution in [-0.4, -0.2) is 52.6 Å². The zero-order valence-corrected chi connectivity index (χ0v) is 38.7. The number of rotatable bonds is 10. The van der Waals surface area contributed by atoms with Gasteiger partial charge in [-0.2, -0.15) is 0 Å². The molecule has 6 aliphatic carbocycles. The number of para-hydroxylation sites is 1. The number of amides is 1. The SMILES string of the molecule is CC(C)C1=C2[C@H]3CC[C@@H]4[C@@]5(C)CC[C@H](OC(=O)[C@H]6C[C@@H](OC=O)C6(C)C)C(C)(C)[C@@H]5CC[C@@]4(C)[C@]3(C)CC[C@@]2(NC(=O)C(C)(C)CC(=O)c2ccc3ccccc3n2)CC1=O. The van der Waals surface area contributed by atoms with E-state index >= 15 is 0 Å². The van der Waals surface area contributed by atoms with Crippen LogP contribution in [0.2, 0.25) is 0 Å². The van der Waals surface area contributed by atoms with E-state index in [2.05, 4.69) is 58.8 Å². The second kappa shape index (κ2) is 14.6. The lowest BCUT2D eigenvalue weighted by atomic mass is 9.33. The topological polar surface area (TPSA) is 129 Å². The van der Waals surface area contributed by atoms with E-state index in [1.165, 1.54) is 5.57 Å². The predicted molar refractivity (Wildman–Crippen MR) is 235 cm³/mol. The molecule has 0 unspecified atom stereocenters. The van der Waals surface area contributed by atoms with Crippen molar-refractivity contribution in [1.82, 2.24) is 10.3 Å². The highest BCUT2D eigenvalue weighted by Crippen LogP contribution is 2.76. The maximum Gasteiger partial charge on any atom is 0.310 e. The number of esters is 1. The molecule has 1 amide bonds. The standard InChI is InChI=1S/C52H70N2O7/c1-30(2)42-37(57)28-52(54-45(59)46(3,4)27-36(56)35-18-16-31-14-12-13-15-34(31)53-35)25-24-50(10)32(43(42)52)17-19-39-49(9)22-21-40(48(7,8)38(49)20-23-51(39,50)11)61-44(58)33-26-41(60-29-55)47(33,5)6/h12-16,18,29-30,32-33,38-41H,17,19-28H2,1-11H3,(H,54,59)/t32-,33-,38+,39-,40+,41-,49+,50-,51-,52-/m1/s1. The number of hydrogen-bond acceptors (Lipinski definition) is 8. The van der Waals surface area contributed by atoms with Gasteiger partial charge in [0.15, 0.2) is 11.6 Å². The zero-order valence-electron chi connectivity index (χ0n) is 38.7. The smallest absolute Gasteiger partial charge is 0.310 e. The Bertz CT molecular complexity index is 2200. The Labute approximate surface area is 363 Å². The third kappa shape index (κ3) is 6.49. The van der Waals surface area contributed by atoms with Crippen LogP contribution in [0, 0.1) is 62.1 Å². The summed E-state index contributed by atoms with van der Waals surface area (Å²) in [6, 6.07) is 11.4. The first-order chi connectivity index (χ1) is 28.5. The number of aromatic nitrogens is 1. The molecule has 0 saturated heterocycles. The average molecular weight is 835 g/mol. The second-order valence-corrected chi connectivity index (χ2v) is 23.2. The molecule has 0 aliphatic heterocycles. The maximum absolute atomic E-state index is 14.6. The number of benzene rings is 1. The molecule has 2 aromatic rings. The van der Waals surface area contributed by atoms with Crippen molar-refractivity contribution in [3.63, 3.8) is 0 Å². The van der Waals surface area contributed by atoms with Crippen LogP contribution in [0.4, 0.5) is 0 Å². The molecule has 9 heteroatoms. The van der Waals surface area contributed by atoms with Gasteiger partial charge in [0, 0.05) is 29.1 Å². The molecular formula is C52H70N2O7. The van der Waals surface area contributed by atoms with Gasteiger partial charge in [0.2, 0.25) is 5.91 Å². The third-order valence-electron chi connectivity index (χ3n) is 18.8. The Morgan fingerprint density at radius 2 is 1.57 bits per heavy atom. The highest BCUT2D eigenvalue weighted by molar-refractivity contribution is 6.03. The number of ketones is 2. The molecule has 61 heavy (non-hydrogen) atoms. The average Bonchev–Trinajstić information content (AvgIpc) is 3.48. The largest absolute Gasteiger partial charge is 0.464 e. The number of nitrogens with one attached hydrogen (secondary N) is 1. The van der Waals surface area contributed by atoms with Crippen molar-refractivity contribution in [3.05, 3.63) is 53.2 Å². The molecule has 0 bridgehead atoms. The van der Waals surface area contributed by atoms with E-state index in [9.17, 15) is 24.0 Å². The van der Waals surface area contributed by atoms with Gasteiger partial charge in [-0.3, -0.25) is 24.0 Å². The number of carbonyl (C=O) groups excluding carboxylic acids is 5. The number of ether oxygens (including phenoxy) is 2. The quantitative estimate of drug-likeness (QED) is 0.142. The van der Waals surface area contributed by atoms with E-state index in [0.717, 1.165) is 61.4 Å². The van der Waals surface area contributed by atoms with Gasteiger partial charge in [-0.05, 0) is 121 Å². The van der Waals surface area contributed by atoms with Crippen molar-refractivity contribution in [2.75, 3.05) is 0 Å². The van der Waals surface area contributed by atoms with Crippen molar-refractivity contribution in [2.24, 2.45) is 62.1 Å². The Balaban J connectivity index is 1.03. The number of Topliss-reactive ketones (excluding diaryl/α,β-unsaturated/α-hetero) is 2. The zero-order chi connectivity index (χ0) is 44.3. The van der Waals surface area contributed by atoms with E-state index in [4.69, 9.17) is 9.47 Å². The van der Waals surface area contributed by atoms with E-state index in [1.54, 1.807) is 6.07 Å². The molecule has 1 aromatic carbocycles. The van der Waals surface area contributed by atoms with Crippen LogP contribution < -0.4 is 5.32 Å². The molecule has 0 spiro atoms. The first-order valence-corrected chi connectivity index (χ1v) is 23.3. The van der Waals surface area contributed by atoms with E-state index < -0.39 is 16.4 Å². The van der Waals surface area contributed by atoms with Crippen LogP contribution in [0.1, 0.15) is 157 Å². The van der Waals surface area contributed by atoms with Crippen molar-refractivity contribution < 1.29 is 33.4 Å². The molecule has 10 atom stereocenters. The minimum atomic E-state index is -1.02. The summed E-state index contributed by atoms with van der Waals surface area (Å²) in [5, 5.41) is 4.49. The summed E-state index contributed by atoms with van der Waals surface area (Å²) in [6.45, 7) is 24.6. The van der Waals surface area contributed by atoms with Gasteiger partial charge in [-0.1, -0.05) is 100 Å². The van der Waals surface area contributed by atoms with E-state index in [1.807, 2.05) is 58.0 Å². The maximum atomic E-state index is 14.6. The number of fused-ring (bicyclic) bond motifs is 8. The Morgan fingerprint density at radius 3 is 2.26 bits per heavy atom. The normalized spacial score (nSPS) is 37.4. The molecule has 9 nitrogen and oxygen atoms in total. The number of carbonyl (C=O) groups is 5. The fourth-order valence-corrected chi connectivity index (χ4v) is 14.9. The van der Waals surface area contributed by atoms with Gasteiger partial charge in [0.25, 0.3) is 6.47 Å². The minimum absolute atomic E-state index is 0.000249. The van der Waals surface area contributed by atoms with Crippen LogP contribution in [0.15, 0.2) is 47.5 Å². The Kier molecular flexibility index (Phi) is 10.5. The summed E-state index contributed by atoms with van der Waals surface area (Å²) in [6.07, 6.45) is 7.88. The van der Waals surface area contributed by atoms with Crippen LogP contribution >= 0.6 is 0 Å². The van der Waals surface area contributed by atoms with Gasteiger partial charge in [0.1, 0.15) is 17.9 Å². The van der Waals surface area contributed by atoms with E-state index in [0.29, 0.717) is 36.8 Å². The lowest BCUT2D eigenvalue weighted by Gasteiger charge is -2.72. The monoisotopic (exact) mass is 835 g/mol. The molecule has 330 valence electrons. The Hall–Kier alpha value is -3.88. The molecule has 0 radical (unpaired) electrons. The summed E-state index contributed by atoms with van der Waals surface area (Å²) < 4.78 is 11.7. The molecular weight excluding hydrogens is 765 g/mol. The van der Waals surface area contributed by atoms with Gasteiger partial charge in [-0.25, -0.2) is 4.98 Å². The summed E-state index contributed by atoms with van der Waals surface area (Å²) in [5.74, 6) is 0.351. The minimum Gasteiger partial charge on any atom is -0.464 e. The summed E-state index contributed by atoms with van der Waals surface area (Å²) >= 11 is 0. The van der Waals surface area contributed by atoms with Gasteiger partial charge < -0.3 is 14.8 Å². The molecule has 1 N–H and O–H groups in total. The van der Waals surface area contributed by atoms with Gasteiger partial charge in [-0.15, -0.1) is 0 Å². The van der Waals surface area contributed by atoms with Crippen LogP contribution in [-0.2, 0) is 28.7 Å². The molecule has 5 fully saturated rings.